The summed E-state index contributed by atoms with van der Waals surface area (Å²) in [6.07, 6.45) is 1.60. The molecule has 0 aliphatic carbocycles. The summed E-state index contributed by atoms with van der Waals surface area (Å²) in [6.45, 7) is 2.68. The number of hydrogen-bond donors (Lipinski definition) is 2. The highest BCUT2D eigenvalue weighted by atomic mass is 16.5. The van der Waals surface area contributed by atoms with E-state index in [1.165, 1.54) is 7.11 Å². The number of carbonyl (C=O) groups is 2. The molecule has 0 saturated carbocycles. The number of nitrogens with one attached hydrogen (secondary N) is 2. The highest BCUT2D eigenvalue weighted by Gasteiger charge is 2.22. The van der Waals surface area contributed by atoms with Crippen molar-refractivity contribution in [3.05, 3.63) is 47.8 Å². The lowest BCUT2D eigenvalue weighted by molar-refractivity contribution is 0.0596. The monoisotopic (exact) mass is 410 g/mol. The van der Waals surface area contributed by atoms with Gasteiger partial charge in [0.25, 0.3) is 5.91 Å². The van der Waals surface area contributed by atoms with Crippen molar-refractivity contribution in [2.75, 3.05) is 50.7 Å². The number of anilines is 2. The number of amides is 1. The van der Waals surface area contributed by atoms with Crippen molar-refractivity contribution in [3.8, 4) is 5.75 Å². The molecule has 0 radical (unpaired) electrons. The maximum atomic E-state index is 13.0. The zero-order valence-corrected chi connectivity index (χ0v) is 16.7. The first-order valence-corrected chi connectivity index (χ1v) is 9.49. The van der Waals surface area contributed by atoms with Crippen LogP contribution in [0, 0.1) is 0 Å². The van der Waals surface area contributed by atoms with E-state index < -0.39 is 5.97 Å². The van der Waals surface area contributed by atoms with Crippen molar-refractivity contribution in [1.29, 1.82) is 0 Å². The van der Waals surface area contributed by atoms with Gasteiger partial charge in [0.15, 0.2) is 0 Å². The number of fused-ring (bicyclic) bond motifs is 1. The van der Waals surface area contributed by atoms with Crippen molar-refractivity contribution >= 4 is 34.3 Å². The molecule has 1 fully saturated rings. The van der Waals surface area contributed by atoms with Gasteiger partial charge in [-0.05, 0) is 24.3 Å². The van der Waals surface area contributed by atoms with E-state index in [0.717, 1.165) is 13.1 Å². The minimum Gasteiger partial charge on any atom is -0.497 e. The number of morpholine rings is 1. The maximum Gasteiger partial charge on any atom is 0.356 e. The summed E-state index contributed by atoms with van der Waals surface area (Å²) in [5.74, 6) is 0.406. The molecule has 156 valence electrons. The fourth-order valence-corrected chi connectivity index (χ4v) is 3.40. The first-order valence-electron chi connectivity index (χ1n) is 9.49. The Bertz CT molecular complexity index is 1090. The molecule has 30 heavy (non-hydrogen) atoms. The largest absolute Gasteiger partial charge is 0.497 e. The zero-order valence-electron chi connectivity index (χ0n) is 16.7. The van der Waals surface area contributed by atoms with E-state index in [0.29, 0.717) is 46.9 Å². The highest BCUT2D eigenvalue weighted by Crippen LogP contribution is 2.31. The van der Waals surface area contributed by atoms with Gasteiger partial charge in [0, 0.05) is 36.3 Å². The third-order valence-electron chi connectivity index (χ3n) is 4.98. The van der Waals surface area contributed by atoms with Crippen LogP contribution in [0.3, 0.4) is 0 Å². The maximum absolute atomic E-state index is 13.0. The minimum absolute atomic E-state index is 0.163. The summed E-state index contributed by atoms with van der Waals surface area (Å²) in [5.41, 5.74) is 1.60. The molecule has 0 unspecified atom stereocenters. The molecule has 0 spiro atoms. The molecular formula is C21H22N4O5. The fraction of sp³-hybridized carbons (Fsp3) is 0.286. The number of aromatic amines is 1. The number of nitrogens with zero attached hydrogens (tertiary/aromatic N) is 2. The van der Waals surface area contributed by atoms with Gasteiger partial charge in [0.2, 0.25) is 0 Å². The predicted molar refractivity (Wildman–Crippen MR) is 111 cm³/mol. The molecule has 3 heterocycles. The molecule has 1 aromatic carbocycles. The summed E-state index contributed by atoms with van der Waals surface area (Å²) >= 11 is 0. The molecule has 2 N–H and O–H groups in total. The number of methoxy groups -OCH3 is 2. The molecule has 9 heteroatoms. The van der Waals surface area contributed by atoms with Crippen molar-refractivity contribution in [2.45, 2.75) is 0 Å². The molecule has 1 aliphatic rings. The van der Waals surface area contributed by atoms with Crippen LogP contribution in [0.2, 0.25) is 0 Å². The van der Waals surface area contributed by atoms with Crippen LogP contribution < -0.4 is 15.0 Å². The topological polar surface area (TPSA) is 106 Å². The number of aromatic nitrogens is 2. The quantitative estimate of drug-likeness (QED) is 0.623. The third-order valence-corrected chi connectivity index (χ3v) is 4.98. The molecule has 2 aromatic heterocycles. The number of pyridine rings is 1. The van der Waals surface area contributed by atoms with Crippen molar-refractivity contribution in [3.63, 3.8) is 0 Å². The summed E-state index contributed by atoms with van der Waals surface area (Å²) in [5, 5.41) is 3.52. The Labute approximate surface area is 172 Å². The summed E-state index contributed by atoms with van der Waals surface area (Å²) in [6, 6.07) is 8.65. The number of H-pyrrole nitrogens is 1. The standard InChI is InChI=1S/C21H22N4O5/c1-28-14-3-4-15-16(12-14)23-19(21(27)29-2)18(15)24-20(26)13-5-6-22-17(11-13)25-7-9-30-10-8-25/h3-6,11-12,23H,7-10H2,1-2H3,(H,24,26). The number of esters is 1. The van der Waals surface area contributed by atoms with Crippen LogP contribution in [0.5, 0.6) is 5.75 Å². The van der Waals surface area contributed by atoms with E-state index in [2.05, 4.69) is 20.2 Å². The molecule has 0 atom stereocenters. The fourth-order valence-electron chi connectivity index (χ4n) is 3.40. The third kappa shape index (κ3) is 3.79. The number of benzene rings is 1. The van der Waals surface area contributed by atoms with Gasteiger partial charge in [-0.1, -0.05) is 0 Å². The number of ether oxygens (including phenoxy) is 3. The second kappa shape index (κ2) is 8.42. The second-order valence-electron chi connectivity index (χ2n) is 6.73. The molecule has 9 nitrogen and oxygen atoms in total. The SMILES string of the molecule is COC(=O)c1[nH]c2cc(OC)ccc2c1NC(=O)c1ccnc(N2CCOCC2)c1. The molecule has 1 aliphatic heterocycles. The molecule has 3 aromatic rings. The van der Waals surface area contributed by atoms with Crippen LogP contribution in [-0.4, -0.2) is 62.4 Å². The van der Waals surface area contributed by atoms with Crippen LogP contribution in [-0.2, 0) is 9.47 Å². The van der Waals surface area contributed by atoms with Crippen LogP contribution in [0.15, 0.2) is 36.5 Å². The number of carbonyl (C=O) groups excluding carboxylic acids is 2. The summed E-state index contributed by atoms with van der Waals surface area (Å²) < 4.78 is 15.5. The molecular weight excluding hydrogens is 388 g/mol. The Morgan fingerprint density at radius 3 is 2.70 bits per heavy atom. The minimum atomic E-state index is -0.579. The van der Waals surface area contributed by atoms with E-state index >= 15 is 0 Å². The van der Waals surface area contributed by atoms with Crippen molar-refractivity contribution in [2.24, 2.45) is 0 Å². The normalized spacial score (nSPS) is 13.9. The Hall–Kier alpha value is -3.59. The molecule has 1 saturated heterocycles. The Morgan fingerprint density at radius 1 is 1.17 bits per heavy atom. The molecule has 4 rings (SSSR count). The van der Waals surface area contributed by atoms with Gasteiger partial charge in [-0.25, -0.2) is 9.78 Å². The first-order chi connectivity index (χ1) is 14.6. The van der Waals surface area contributed by atoms with E-state index in [4.69, 9.17) is 14.2 Å². The zero-order chi connectivity index (χ0) is 21.1. The van der Waals surface area contributed by atoms with E-state index in [1.54, 1.807) is 43.6 Å². The van der Waals surface area contributed by atoms with E-state index in [9.17, 15) is 9.59 Å². The Kier molecular flexibility index (Phi) is 5.53. The number of hydrogen-bond acceptors (Lipinski definition) is 7. The average Bonchev–Trinajstić information content (AvgIpc) is 3.16. The number of rotatable bonds is 5. The van der Waals surface area contributed by atoms with E-state index in [-0.39, 0.29) is 11.6 Å². The van der Waals surface area contributed by atoms with Crippen LogP contribution in [0.1, 0.15) is 20.8 Å². The van der Waals surface area contributed by atoms with Crippen molar-refractivity contribution in [1.82, 2.24) is 9.97 Å². The van der Waals surface area contributed by atoms with Crippen LogP contribution >= 0.6 is 0 Å². The van der Waals surface area contributed by atoms with Crippen LogP contribution in [0.25, 0.3) is 10.9 Å². The van der Waals surface area contributed by atoms with Gasteiger partial charge < -0.3 is 29.4 Å². The van der Waals surface area contributed by atoms with E-state index in [1.807, 2.05) is 0 Å². The van der Waals surface area contributed by atoms with Gasteiger partial charge in [-0.2, -0.15) is 0 Å². The predicted octanol–water partition coefficient (Wildman–Crippen LogP) is 2.45. The van der Waals surface area contributed by atoms with Crippen LogP contribution in [0.4, 0.5) is 11.5 Å². The van der Waals surface area contributed by atoms with Gasteiger partial charge in [0.05, 0.1) is 38.6 Å². The highest BCUT2D eigenvalue weighted by molar-refractivity contribution is 6.14. The van der Waals surface area contributed by atoms with Gasteiger partial charge >= 0.3 is 5.97 Å². The molecule has 0 bridgehead atoms. The lowest BCUT2D eigenvalue weighted by Gasteiger charge is -2.27. The lowest BCUT2D eigenvalue weighted by atomic mass is 10.2. The first kappa shape index (κ1) is 19.7. The molecule has 1 amide bonds. The smallest absolute Gasteiger partial charge is 0.356 e. The van der Waals surface area contributed by atoms with Crippen molar-refractivity contribution < 1.29 is 23.8 Å². The van der Waals surface area contributed by atoms with Gasteiger partial charge in [-0.15, -0.1) is 0 Å². The Balaban J connectivity index is 1.66. The second-order valence-corrected chi connectivity index (χ2v) is 6.73. The van der Waals surface area contributed by atoms with Gasteiger partial charge in [0.1, 0.15) is 17.3 Å². The lowest BCUT2D eigenvalue weighted by Crippen LogP contribution is -2.36. The summed E-state index contributed by atoms with van der Waals surface area (Å²) in [7, 11) is 2.85. The Morgan fingerprint density at radius 2 is 1.97 bits per heavy atom. The summed E-state index contributed by atoms with van der Waals surface area (Å²) in [4.78, 5) is 34.7. The average molecular weight is 410 g/mol. The van der Waals surface area contributed by atoms with Gasteiger partial charge in [-0.3, -0.25) is 4.79 Å².